The quantitative estimate of drug-likeness (QED) is 0.573. The zero-order chi connectivity index (χ0) is 17.9. The van der Waals surface area contributed by atoms with Crippen LogP contribution >= 0.6 is 10.2 Å². The molecule has 25 heavy (non-hydrogen) atoms. The van der Waals surface area contributed by atoms with Crippen LogP contribution in [-0.2, 0) is 11.2 Å². The molecule has 0 atom stereocenters. The van der Waals surface area contributed by atoms with Crippen LogP contribution in [0, 0.1) is 0 Å². The van der Waals surface area contributed by atoms with Gasteiger partial charge in [-0.1, -0.05) is 0 Å². The number of aromatic amines is 1. The van der Waals surface area contributed by atoms with Gasteiger partial charge in [-0.3, -0.25) is 0 Å². The standard InChI is InChI=1S/C18H21N3O2SSe/c1-4-7-12-10-15(22)20-17(19-12)24-25-14-9-6-5-8-13(14)16-21-18(2,3)11-23-16/h5-6,8-10H,4,7,11H2,1-3H3,(H,19,20,22). The topological polar surface area (TPSA) is 67.3 Å². The molecule has 132 valence electrons. The van der Waals surface area contributed by atoms with Crippen LogP contribution in [0.3, 0.4) is 0 Å². The fourth-order valence-electron chi connectivity index (χ4n) is 2.43. The van der Waals surface area contributed by atoms with Crippen molar-refractivity contribution in [3.63, 3.8) is 0 Å². The normalized spacial score (nSPS) is 15.7. The Labute approximate surface area is 156 Å². The zero-order valence-corrected chi connectivity index (χ0v) is 17.1. The molecule has 2 heterocycles. The van der Waals surface area contributed by atoms with E-state index < -0.39 is 0 Å². The summed E-state index contributed by atoms with van der Waals surface area (Å²) < 4.78 is 6.98. The van der Waals surface area contributed by atoms with E-state index in [2.05, 4.69) is 41.8 Å². The fraction of sp³-hybridized carbons (Fsp3) is 0.389. The Morgan fingerprint density at radius 1 is 1.36 bits per heavy atom. The van der Waals surface area contributed by atoms with Crippen LogP contribution in [0.4, 0.5) is 0 Å². The third-order valence-electron chi connectivity index (χ3n) is 3.57. The Hall–Kier alpha value is -1.56. The zero-order valence-electron chi connectivity index (χ0n) is 14.5. The number of aryl methyl sites for hydroxylation is 1. The number of H-pyrrole nitrogens is 1. The minimum absolute atomic E-state index is 0.0516. The van der Waals surface area contributed by atoms with Gasteiger partial charge >= 0.3 is 157 Å². The van der Waals surface area contributed by atoms with E-state index in [1.54, 1.807) is 16.2 Å². The molecule has 0 radical (unpaired) electrons. The molecule has 1 N–H and O–H groups in total. The Bertz CT molecular complexity index is 848. The summed E-state index contributed by atoms with van der Waals surface area (Å²) in [6.07, 6.45) is 1.79. The van der Waals surface area contributed by atoms with Gasteiger partial charge in [0.05, 0.1) is 0 Å². The molecule has 0 fully saturated rings. The molecule has 0 aliphatic carbocycles. The first kappa shape index (κ1) is 18.2. The van der Waals surface area contributed by atoms with E-state index in [0.717, 1.165) is 24.1 Å². The monoisotopic (exact) mass is 423 g/mol. The number of benzene rings is 1. The number of hydrogen-bond donors (Lipinski definition) is 1. The van der Waals surface area contributed by atoms with E-state index >= 15 is 0 Å². The second-order valence-electron chi connectivity index (χ2n) is 6.47. The summed E-state index contributed by atoms with van der Waals surface area (Å²) in [5, 5.41) is 0.681. The van der Waals surface area contributed by atoms with Crippen molar-refractivity contribution in [2.45, 2.75) is 44.3 Å². The molecule has 0 amide bonds. The number of nitrogens with one attached hydrogen (secondary N) is 1. The van der Waals surface area contributed by atoms with E-state index in [1.165, 1.54) is 4.46 Å². The molecule has 0 bridgehead atoms. The van der Waals surface area contributed by atoms with Crippen molar-refractivity contribution in [1.29, 1.82) is 0 Å². The molecule has 2 aromatic rings. The molecule has 1 aliphatic heterocycles. The third-order valence-corrected chi connectivity index (χ3v) is 7.58. The molecule has 3 rings (SSSR count). The number of ether oxygens (including phenoxy) is 1. The van der Waals surface area contributed by atoms with Gasteiger partial charge in [0.2, 0.25) is 0 Å². The summed E-state index contributed by atoms with van der Waals surface area (Å²) in [5.74, 6) is 0.712. The van der Waals surface area contributed by atoms with E-state index in [9.17, 15) is 4.79 Å². The van der Waals surface area contributed by atoms with Gasteiger partial charge in [-0.2, -0.15) is 0 Å². The molecule has 7 heteroatoms. The summed E-state index contributed by atoms with van der Waals surface area (Å²) in [6, 6.07) is 9.73. The predicted molar refractivity (Wildman–Crippen MR) is 103 cm³/mol. The van der Waals surface area contributed by atoms with Gasteiger partial charge in [-0.15, -0.1) is 0 Å². The first-order valence-corrected chi connectivity index (χ1v) is 11.9. The van der Waals surface area contributed by atoms with Gasteiger partial charge in [0.25, 0.3) is 0 Å². The van der Waals surface area contributed by atoms with Crippen LogP contribution in [0.25, 0.3) is 0 Å². The van der Waals surface area contributed by atoms with Gasteiger partial charge in [-0.25, -0.2) is 0 Å². The van der Waals surface area contributed by atoms with Gasteiger partial charge in [0.1, 0.15) is 0 Å². The second-order valence-corrected chi connectivity index (χ2v) is 10.2. The van der Waals surface area contributed by atoms with Crippen LogP contribution in [0.5, 0.6) is 0 Å². The molecule has 0 saturated carbocycles. The number of aromatic nitrogens is 2. The van der Waals surface area contributed by atoms with Crippen LogP contribution in [0.15, 0.2) is 45.3 Å². The molecule has 1 aromatic heterocycles. The van der Waals surface area contributed by atoms with Crippen molar-refractivity contribution in [3.8, 4) is 0 Å². The number of hydrogen-bond acceptors (Lipinski definition) is 5. The summed E-state index contributed by atoms with van der Waals surface area (Å²) in [7, 11) is 1.59. The summed E-state index contributed by atoms with van der Waals surface area (Å²) in [4.78, 5) is 23.9. The molecular formula is C18H21N3O2SSe. The van der Waals surface area contributed by atoms with Crippen LogP contribution in [0.2, 0.25) is 0 Å². The average Bonchev–Trinajstić information content (AvgIpc) is 2.93. The van der Waals surface area contributed by atoms with Gasteiger partial charge < -0.3 is 0 Å². The summed E-state index contributed by atoms with van der Waals surface area (Å²) in [5.41, 5.74) is 1.62. The van der Waals surface area contributed by atoms with Crippen molar-refractivity contribution in [3.05, 3.63) is 51.9 Å². The molecular weight excluding hydrogens is 401 g/mol. The first-order chi connectivity index (χ1) is 12.0. The number of rotatable bonds is 6. The predicted octanol–water partition coefficient (Wildman–Crippen LogP) is 2.31. The van der Waals surface area contributed by atoms with Gasteiger partial charge in [0.15, 0.2) is 0 Å². The van der Waals surface area contributed by atoms with Gasteiger partial charge in [0, 0.05) is 0 Å². The average molecular weight is 422 g/mol. The van der Waals surface area contributed by atoms with Crippen molar-refractivity contribution in [1.82, 2.24) is 9.97 Å². The van der Waals surface area contributed by atoms with Crippen molar-refractivity contribution in [2.75, 3.05) is 6.61 Å². The maximum atomic E-state index is 11.8. The molecule has 0 spiro atoms. The fourth-order valence-corrected chi connectivity index (χ4v) is 6.01. The molecule has 1 aliphatic rings. The van der Waals surface area contributed by atoms with Gasteiger partial charge in [-0.05, 0) is 0 Å². The van der Waals surface area contributed by atoms with E-state index in [-0.39, 0.29) is 24.9 Å². The van der Waals surface area contributed by atoms with Crippen molar-refractivity contribution >= 4 is 34.4 Å². The van der Waals surface area contributed by atoms with Crippen molar-refractivity contribution < 1.29 is 4.74 Å². The molecule has 0 unspecified atom stereocenters. The third kappa shape index (κ3) is 4.75. The van der Waals surface area contributed by atoms with E-state index in [1.807, 2.05) is 18.2 Å². The SMILES string of the molecule is CCCc1cc(=O)[nH]c(S[Se]c2ccccc2C2=NC(C)(C)CO2)n1. The first-order valence-electron chi connectivity index (χ1n) is 8.24. The Morgan fingerprint density at radius 2 is 2.16 bits per heavy atom. The van der Waals surface area contributed by atoms with E-state index in [0.29, 0.717) is 17.7 Å². The minimum atomic E-state index is -0.177. The van der Waals surface area contributed by atoms with Crippen LogP contribution < -0.4 is 10.0 Å². The van der Waals surface area contributed by atoms with Crippen LogP contribution in [-0.4, -0.2) is 41.8 Å². The molecule has 5 nitrogen and oxygen atoms in total. The summed E-state index contributed by atoms with van der Waals surface area (Å²) in [6.45, 7) is 6.82. The van der Waals surface area contributed by atoms with E-state index in [4.69, 9.17) is 4.74 Å². The Kier molecular flexibility index (Phi) is 5.67. The number of nitrogens with zero attached hydrogens (tertiary/aromatic N) is 2. The Morgan fingerprint density at radius 3 is 2.88 bits per heavy atom. The maximum absolute atomic E-state index is 11.8. The summed E-state index contributed by atoms with van der Waals surface area (Å²) >= 11 is 0.0516. The molecule has 1 aromatic carbocycles. The van der Waals surface area contributed by atoms with Crippen LogP contribution in [0.1, 0.15) is 38.4 Å². The van der Waals surface area contributed by atoms with Crippen molar-refractivity contribution in [2.24, 2.45) is 4.99 Å². The second kappa shape index (κ2) is 7.77. The number of aliphatic imine (C=N–C) groups is 1. The molecule has 0 saturated heterocycles. The Balaban J connectivity index is 1.80.